The summed E-state index contributed by atoms with van der Waals surface area (Å²) in [7, 11) is -2.02. The summed E-state index contributed by atoms with van der Waals surface area (Å²) >= 11 is 14.3. The number of benzene rings is 1. The fraction of sp³-hybridized carbons (Fsp3) is 0.481. The predicted molar refractivity (Wildman–Crippen MR) is 181 cm³/mol. The molecule has 6 N–H and O–H groups in total. The van der Waals surface area contributed by atoms with Crippen molar-refractivity contribution in [3.8, 4) is 11.3 Å². The van der Waals surface area contributed by atoms with Gasteiger partial charge in [0.05, 0.1) is 21.2 Å². The number of nitrogens with one attached hydrogen (secondary N) is 2. The van der Waals surface area contributed by atoms with Crippen molar-refractivity contribution in [2.45, 2.75) is 52.4 Å². The smallest absolute Gasteiger partial charge is 0.434 e. The number of halogens is 7. The molecule has 0 fully saturated rings. The lowest BCUT2D eigenvalue weighted by atomic mass is 10.1. The molecule has 0 spiro atoms. The average Bonchev–Trinajstić information content (AvgIpc) is 3.25. The van der Waals surface area contributed by atoms with Crippen molar-refractivity contribution in [2.24, 2.45) is 12.8 Å². The van der Waals surface area contributed by atoms with E-state index >= 15 is 0 Å². The van der Waals surface area contributed by atoms with Gasteiger partial charge in [0.2, 0.25) is 17.2 Å². The van der Waals surface area contributed by atoms with Crippen LogP contribution in [0.3, 0.4) is 0 Å². The number of esters is 1. The molecule has 1 aromatic carbocycles. The number of nitrogens with zero attached hydrogens (tertiary/aromatic N) is 5. The number of carboxylic acids is 1. The predicted octanol–water partition coefficient (Wildman–Crippen LogP) is 6.30. The third kappa shape index (κ3) is 14.7. The molecule has 3 aromatic rings. The number of hydrogen-bond acceptors (Lipinski definition) is 11. The van der Waals surface area contributed by atoms with E-state index in [1.165, 1.54) is 6.66 Å². The van der Waals surface area contributed by atoms with Crippen LogP contribution < -0.4 is 16.4 Å². The minimum absolute atomic E-state index is 0.0412. The van der Waals surface area contributed by atoms with E-state index in [4.69, 9.17) is 43.7 Å². The molecule has 0 aliphatic rings. The highest BCUT2D eigenvalue weighted by atomic mass is 79.9. The maximum absolute atomic E-state index is 14.3. The molecule has 0 radical (unpaired) electrons. The van der Waals surface area contributed by atoms with E-state index in [1.807, 2.05) is 13.8 Å². The summed E-state index contributed by atoms with van der Waals surface area (Å²) in [5.41, 5.74) is 3.23. The number of hydrogen-bond donors (Lipinski definition) is 5. The van der Waals surface area contributed by atoms with Gasteiger partial charge in [-0.25, -0.2) is 9.18 Å². The SMILES string of the molecule is CC(C)OC(=O)c1cc(-c2nn(C)c(C(F)(F)F)c2Br)c(F)cc1Cl.CCNc1nc(Cl)nc(NCC)n1.CP(=O)(O)CCC(N)C(=O)O. The Morgan fingerprint density at radius 3 is 2.06 bits per heavy atom. The first kappa shape index (κ1) is 43.9. The summed E-state index contributed by atoms with van der Waals surface area (Å²) in [4.78, 5) is 42.8. The first-order valence-corrected chi connectivity index (χ1v) is 18.0. The Bertz CT molecular complexity index is 1620. The molecular weight excluding hydrogens is 790 g/mol. The number of carbonyl (C=O) groups is 2. The van der Waals surface area contributed by atoms with E-state index in [2.05, 4.69) is 46.6 Å². The molecule has 0 saturated heterocycles. The molecule has 0 aliphatic heterocycles. The number of carboxylic acid groups (broad SMARTS) is 1. The van der Waals surface area contributed by atoms with Crippen LogP contribution in [0, 0.1) is 5.82 Å². The second kappa shape index (κ2) is 19.3. The number of rotatable bonds is 11. The zero-order valence-electron chi connectivity index (χ0n) is 27.1. The van der Waals surface area contributed by atoms with Gasteiger partial charge in [-0.2, -0.15) is 33.2 Å². The maximum atomic E-state index is 14.3. The lowest BCUT2D eigenvalue weighted by Crippen LogP contribution is -2.30. The van der Waals surface area contributed by atoms with E-state index in [0.717, 1.165) is 32.3 Å². The molecule has 0 aliphatic carbocycles. The quantitative estimate of drug-likeness (QED) is 0.0818. The van der Waals surface area contributed by atoms with Crippen molar-refractivity contribution in [2.75, 3.05) is 36.5 Å². The molecule has 49 heavy (non-hydrogen) atoms. The lowest BCUT2D eigenvalue weighted by Gasteiger charge is -2.11. The number of aryl methyl sites for hydroxylation is 1. The molecule has 274 valence electrons. The molecule has 0 amide bonds. The van der Waals surface area contributed by atoms with E-state index in [1.54, 1.807) is 13.8 Å². The number of ether oxygens (including phenoxy) is 1. The Hall–Kier alpha value is -3.09. The number of anilines is 2. The van der Waals surface area contributed by atoms with Crippen LogP contribution in [0.5, 0.6) is 0 Å². The van der Waals surface area contributed by atoms with Crippen LogP contribution in [0.1, 0.15) is 50.2 Å². The minimum atomic E-state index is -4.69. The van der Waals surface area contributed by atoms with Crippen molar-refractivity contribution >= 4 is 70.3 Å². The van der Waals surface area contributed by atoms with Crippen LogP contribution in [0.15, 0.2) is 16.6 Å². The second-order valence-electron chi connectivity index (χ2n) is 10.2. The molecule has 3 rings (SSSR count). The van der Waals surface area contributed by atoms with Gasteiger partial charge in [-0.1, -0.05) is 11.6 Å². The van der Waals surface area contributed by atoms with Gasteiger partial charge >= 0.3 is 18.1 Å². The van der Waals surface area contributed by atoms with Crippen molar-refractivity contribution in [3.05, 3.63) is 44.0 Å². The van der Waals surface area contributed by atoms with Crippen molar-refractivity contribution < 1.29 is 46.5 Å². The minimum Gasteiger partial charge on any atom is -0.480 e. The van der Waals surface area contributed by atoms with Crippen LogP contribution in [0.4, 0.5) is 29.5 Å². The van der Waals surface area contributed by atoms with Crippen LogP contribution in [-0.2, 0) is 27.3 Å². The fourth-order valence-electron chi connectivity index (χ4n) is 3.47. The summed E-state index contributed by atoms with van der Waals surface area (Å²) < 4.78 is 69.3. The molecule has 22 heteroatoms. The summed E-state index contributed by atoms with van der Waals surface area (Å²) in [6.07, 6.45) is -5.14. The van der Waals surface area contributed by atoms with E-state index < -0.39 is 53.6 Å². The van der Waals surface area contributed by atoms with Gasteiger partial charge in [-0.15, -0.1) is 0 Å². The highest BCUT2D eigenvalue weighted by molar-refractivity contribution is 9.10. The molecule has 0 saturated carbocycles. The Labute approximate surface area is 297 Å². The molecule has 0 bridgehead atoms. The van der Waals surface area contributed by atoms with E-state index in [0.29, 0.717) is 16.6 Å². The molecule has 14 nitrogen and oxygen atoms in total. The first-order valence-electron chi connectivity index (χ1n) is 14.2. The normalized spacial score (nSPS) is 12.9. The number of carbonyl (C=O) groups excluding carboxylic acids is 1. The lowest BCUT2D eigenvalue weighted by molar-refractivity contribution is -0.144. The highest BCUT2D eigenvalue weighted by Crippen LogP contribution is 2.41. The molecular formula is C27H36BrCl2F4N8O6P. The number of aliphatic carboxylic acids is 1. The second-order valence-corrected chi connectivity index (χ2v) is 14.3. The standard InChI is InChI=1S/C15H12BrClF4N2O2.C7H12ClN5.C5H12NO4P/c1-6(2)25-14(24)7-4-8(10(18)5-9(7)17)12-11(16)13(15(19,20)21)23(3)22-12;1-3-9-6-11-5(8)12-7(13-6)10-4-2;1-11(9,10)3-2-4(6)5(7)8/h4-6H,1-3H3;3-4H2,1-2H3,(H2,9,10,11,12,13);4H,2-3,6H2,1H3,(H,7,8)(H,9,10). The van der Waals surface area contributed by atoms with Crippen LogP contribution in [-0.4, -0.2) is 84.7 Å². The molecule has 2 atom stereocenters. The zero-order chi connectivity index (χ0) is 37.9. The topological polar surface area (TPSA) is 207 Å². The van der Waals surface area contributed by atoms with Gasteiger partial charge in [-0.05, 0) is 73.8 Å². The Kier molecular flexibility index (Phi) is 17.3. The summed E-state index contributed by atoms with van der Waals surface area (Å²) in [6.45, 7) is 9.84. The third-order valence-electron chi connectivity index (χ3n) is 5.58. The van der Waals surface area contributed by atoms with Gasteiger partial charge in [0.1, 0.15) is 17.6 Å². The highest BCUT2D eigenvalue weighted by Gasteiger charge is 2.39. The van der Waals surface area contributed by atoms with Gasteiger partial charge in [0.25, 0.3) is 0 Å². The molecule has 2 aromatic heterocycles. The largest absolute Gasteiger partial charge is 0.480 e. The van der Waals surface area contributed by atoms with Crippen LogP contribution in [0.25, 0.3) is 11.3 Å². The van der Waals surface area contributed by atoms with Gasteiger partial charge in [0.15, 0.2) is 13.1 Å². The maximum Gasteiger partial charge on any atom is 0.434 e. The fourth-order valence-corrected chi connectivity index (χ4v) is 5.39. The molecule has 2 heterocycles. The van der Waals surface area contributed by atoms with Crippen LogP contribution >= 0.6 is 46.5 Å². The van der Waals surface area contributed by atoms with Crippen molar-refractivity contribution in [1.29, 1.82) is 0 Å². The average molecular weight is 826 g/mol. The Balaban J connectivity index is 0.000000418. The van der Waals surface area contributed by atoms with E-state index in [9.17, 15) is 31.7 Å². The monoisotopic (exact) mass is 824 g/mol. The number of alkyl halides is 3. The van der Waals surface area contributed by atoms with Crippen LogP contribution in [0.2, 0.25) is 10.3 Å². The van der Waals surface area contributed by atoms with Gasteiger partial charge in [-0.3, -0.25) is 14.0 Å². The van der Waals surface area contributed by atoms with Crippen molar-refractivity contribution in [1.82, 2.24) is 24.7 Å². The summed E-state index contributed by atoms with van der Waals surface area (Å²) in [6, 6.07) is 0.827. The Morgan fingerprint density at radius 2 is 1.65 bits per heavy atom. The summed E-state index contributed by atoms with van der Waals surface area (Å²) in [5.74, 6) is -1.88. The number of aromatic nitrogens is 5. The zero-order valence-corrected chi connectivity index (χ0v) is 31.1. The third-order valence-corrected chi connectivity index (χ3v) is 7.90. The van der Waals surface area contributed by atoms with Gasteiger partial charge < -0.3 is 31.1 Å². The number of nitrogens with two attached hydrogens (primary N) is 1. The van der Waals surface area contributed by atoms with Crippen molar-refractivity contribution in [3.63, 3.8) is 0 Å². The Morgan fingerprint density at radius 1 is 1.12 bits per heavy atom. The van der Waals surface area contributed by atoms with Gasteiger partial charge in [0, 0.05) is 38.5 Å². The first-order chi connectivity index (χ1) is 22.5. The summed E-state index contributed by atoms with van der Waals surface area (Å²) in [5, 5.41) is 17.9. The van der Waals surface area contributed by atoms with E-state index in [-0.39, 0.29) is 39.7 Å². The molecule has 2 unspecified atom stereocenters.